The summed E-state index contributed by atoms with van der Waals surface area (Å²) in [5, 5.41) is 11.6. The molecule has 2 aliphatic heterocycles. The predicted octanol–water partition coefficient (Wildman–Crippen LogP) is 4.43. The number of ether oxygens (including phenoxy) is 1. The number of hydrogen-bond acceptors (Lipinski definition) is 6. The van der Waals surface area contributed by atoms with Gasteiger partial charge in [-0.15, -0.1) is 0 Å². The Balaban J connectivity index is 1.85. The second-order valence-corrected chi connectivity index (χ2v) is 7.78. The quantitative estimate of drug-likeness (QED) is 0.838. The van der Waals surface area contributed by atoms with Gasteiger partial charge in [0, 0.05) is 29.1 Å². The molecule has 1 aromatic heterocycles. The number of amidine groups is 1. The predicted molar refractivity (Wildman–Crippen MR) is 105 cm³/mol. The highest BCUT2D eigenvalue weighted by molar-refractivity contribution is 8.14. The molecule has 26 heavy (non-hydrogen) atoms. The number of methoxy groups -OCH3 is 1. The molecule has 0 saturated carbocycles. The van der Waals surface area contributed by atoms with Gasteiger partial charge in [0.25, 0.3) is 0 Å². The Bertz CT molecular complexity index is 846. The summed E-state index contributed by atoms with van der Waals surface area (Å²) >= 11 is 8.34. The van der Waals surface area contributed by atoms with Crippen molar-refractivity contribution in [1.82, 2.24) is 9.88 Å². The fraction of sp³-hybridized carbons (Fsp3) is 0.368. The van der Waals surface area contributed by atoms with Crippen molar-refractivity contribution in [3.63, 3.8) is 0 Å². The van der Waals surface area contributed by atoms with Crippen molar-refractivity contribution in [3.05, 3.63) is 52.8 Å². The number of aromatic hydroxyl groups is 1. The van der Waals surface area contributed by atoms with Crippen LogP contribution in [-0.2, 0) is 0 Å². The van der Waals surface area contributed by atoms with E-state index in [0.717, 1.165) is 28.6 Å². The van der Waals surface area contributed by atoms with E-state index in [1.165, 1.54) is 0 Å². The molecule has 0 unspecified atom stereocenters. The van der Waals surface area contributed by atoms with Gasteiger partial charge >= 0.3 is 0 Å². The number of hydrogen-bond donors (Lipinski definition) is 1. The summed E-state index contributed by atoms with van der Waals surface area (Å²) < 4.78 is 5.32. The SMILES string of the molecule is CC[C@H]1CSC2=N[C@@H](c3ccccn3)[C@@H](c3cc(OC)c(O)cc3Cl)N21. The number of aliphatic imine (C=N–C) groups is 1. The number of rotatable bonds is 4. The van der Waals surface area contributed by atoms with Gasteiger partial charge in [0.05, 0.1) is 18.8 Å². The fourth-order valence-electron chi connectivity index (χ4n) is 3.64. The van der Waals surface area contributed by atoms with Crippen molar-refractivity contribution >= 4 is 28.5 Å². The van der Waals surface area contributed by atoms with Gasteiger partial charge < -0.3 is 14.7 Å². The van der Waals surface area contributed by atoms with E-state index < -0.39 is 0 Å². The van der Waals surface area contributed by atoms with Crippen molar-refractivity contribution in [3.8, 4) is 11.5 Å². The lowest BCUT2D eigenvalue weighted by atomic mass is 9.94. The first-order chi connectivity index (χ1) is 12.6. The maximum atomic E-state index is 10.1. The molecular weight excluding hydrogens is 370 g/mol. The van der Waals surface area contributed by atoms with Gasteiger partial charge in [0.2, 0.25) is 0 Å². The van der Waals surface area contributed by atoms with Crippen LogP contribution in [0.4, 0.5) is 0 Å². The van der Waals surface area contributed by atoms with Crippen molar-refractivity contribution in [2.24, 2.45) is 4.99 Å². The van der Waals surface area contributed by atoms with E-state index in [1.54, 1.807) is 31.1 Å². The molecular formula is C19H20ClN3O2S. The van der Waals surface area contributed by atoms with Gasteiger partial charge in [-0.2, -0.15) is 0 Å². The minimum atomic E-state index is -0.139. The molecule has 1 fully saturated rings. The molecule has 0 aliphatic carbocycles. The minimum absolute atomic E-state index is 0.0395. The third kappa shape index (κ3) is 2.81. The number of phenols is 1. The number of pyridine rings is 1. The lowest BCUT2D eigenvalue weighted by Crippen LogP contribution is -2.35. The molecule has 2 aromatic rings. The lowest BCUT2D eigenvalue weighted by molar-refractivity contribution is 0.254. The summed E-state index contributed by atoms with van der Waals surface area (Å²) in [7, 11) is 1.54. The monoisotopic (exact) mass is 389 g/mol. The zero-order valence-corrected chi connectivity index (χ0v) is 16.2. The molecule has 0 spiro atoms. The van der Waals surface area contributed by atoms with Crippen molar-refractivity contribution < 1.29 is 9.84 Å². The van der Waals surface area contributed by atoms with Crippen LogP contribution in [0, 0.1) is 0 Å². The van der Waals surface area contributed by atoms with E-state index in [1.807, 2.05) is 24.3 Å². The number of aromatic nitrogens is 1. The number of halogens is 1. The molecule has 7 heteroatoms. The van der Waals surface area contributed by atoms with E-state index in [2.05, 4.69) is 16.8 Å². The average Bonchev–Trinajstić information content (AvgIpc) is 3.22. The lowest BCUT2D eigenvalue weighted by Gasteiger charge is -2.32. The summed E-state index contributed by atoms with van der Waals surface area (Å²) in [4.78, 5) is 11.9. The highest BCUT2D eigenvalue weighted by Crippen LogP contribution is 2.51. The summed E-state index contributed by atoms with van der Waals surface area (Å²) in [6.07, 6.45) is 2.82. The minimum Gasteiger partial charge on any atom is -0.504 e. The zero-order chi connectivity index (χ0) is 18.3. The topological polar surface area (TPSA) is 58.0 Å². The van der Waals surface area contributed by atoms with Crippen molar-refractivity contribution in [2.45, 2.75) is 31.5 Å². The van der Waals surface area contributed by atoms with Crippen LogP contribution in [0.15, 0.2) is 41.5 Å². The van der Waals surface area contributed by atoms with Crippen LogP contribution in [0.2, 0.25) is 5.02 Å². The van der Waals surface area contributed by atoms with Crippen molar-refractivity contribution in [2.75, 3.05) is 12.9 Å². The summed E-state index contributed by atoms with van der Waals surface area (Å²) in [6, 6.07) is 9.45. The Labute approximate surface area is 162 Å². The van der Waals surface area contributed by atoms with Gasteiger partial charge in [0.15, 0.2) is 16.7 Å². The maximum Gasteiger partial charge on any atom is 0.160 e. The molecule has 1 aromatic carbocycles. The Morgan fingerprint density at radius 3 is 2.92 bits per heavy atom. The van der Waals surface area contributed by atoms with E-state index in [0.29, 0.717) is 16.8 Å². The molecule has 136 valence electrons. The number of benzene rings is 1. The van der Waals surface area contributed by atoms with E-state index in [9.17, 15) is 5.11 Å². The van der Waals surface area contributed by atoms with Crippen LogP contribution in [0.25, 0.3) is 0 Å². The molecule has 0 bridgehead atoms. The zero-order valence-electron chi connectivity index (χ0n) is 14.6. The van der Waals surface area contributed by atoms with E-state index >= 15 is 0 Å². The van der Waals surface area contributed by atoms with Gasteiger partial charge in [-0.05, 0) is 30.2 Å². The largest absolute Gasteiger partial charge is 0.504 e. The molecule has 1 saturated heterocycles. The molecule has 1 N–H and O–H groups in total. The number of phenolic OH excluding ortho intramolecular Hbond substituents is 1. The highest BCUT2D eigenvalue weighted by Gasteiger charge is 2.46. The highest BCUT2D eigenvalue weighted by atomic mass is 35.5. The smallest absolute Gasteiger partial charge is 0.160 e. The molecule has 3 atom stereocenters. The number of fused-ring (bicyclic) bond motifs is 1. The van der Waals surface area contributed by atoms with Gasteiger partial charge in [-0.1, -0.05) is 36.4 Å². The first-order valence-electron chi connectivity index (χ1n) is 8.60. The molecule has 4 rings (SSSR count). The molecule has 0 amide bonds. The number of nitrogens with zero attached hydrogens (tertiary/aromatic N) is 3. The van der Waals surface area contributed by atoms with Crippen LogP contribution in [0.1, 0.15) is 36.7 Å². The van der Waals surface area contributed by atoms with Crippen LogP contribution >= 0.6 is 23.4 Å². The molecule has 5 nitrogen and oxygen atoms in total. The molecule has 2 aliphatic rings. The van der Waals surface area contributed by atoms with Gasteiger partial charge in [-0.3, -0.25) is 9.98 Å². The Kier molecular flexibility index (Phi) is 4.71. The van der Waals surface area contributed by atoms with Crippen LogP contribution < -0.4 is 4.74 Å². The van der Waals surface area contributed by atoms with E-state index in [4.69, 9.17) is 21.3 Å². The van der Waals surface area contributed by atoms with Gasteiger partial charge in [0.1, 0.15) is 6.04 Å². The maximum absolute atomic E-state index is 10.1. The first kappa shape index (κ1) is 17.5. The fourth-order valence-corrected chi connectivity index (χ4v) is 5.24. The van der Waals surface area contributed by atoms with Crippen LogP contribution in [-0.4, -0.2) is 39.1 Å². The molecule has 0 radical (unpaired) electrons. The first-order valence-corrected chi connectivity index (χ1v) is 9.96. The second kappa shape index (κ2) is 7.00. The Hall–Kier alpha value is -1.92. The third-order valence-corrected chi connectivity index (χ3v) is 6.40. The summed E-state index contributed by atoms with van der Waals surface area (Å²) in [6.45, 7) is 2.19. The summed E-state index contributed by atoms with van der Waals surface area (Å²) in [5.41, 5.74) is 1.81. The van der Waals surface area contributed by atoms with Crippen LogP contribution in [0.3, 0.4) is 0 Å². The average molecular weight is 390 g/mol. The Morgan fingerprint density at radius 2 is 2.23 bits per heavy atom. The molecule has 3 heterocycles. The second-order valence-electron chi connectivity index (χ2n) is 6.38. The Morgan fingerprint density at radius 1 is 1.38 bits per heavy atom. The van der Waals surface area contributed by atoms with Gasteiger partial charge in [-0.25, -0.2) is 0 Å². The summed E-state index contributed by atoms with van der Waals surface area (Å²) in [5.74, 6) is 1.48. The van der Waals surface area contributed by atoms with Crippen molar-refractivity contribution in [1.29, 1.82) is 0 Å². The number of thioether (sulfide) groups is 1. The third-order valence-electron chi connectivity index (χ3n) is 4.95. The van der Waals surface area contributed by atoms with E-state index in [-0.39, 0.29) is 17.8 Å². The van der Waals surface area contributed by atoms with Crippen LogP contribution in [0.5, 0.6) is 11.5 Å². The normalized spacial score (nSPS) is 24.5. The standard InChI is InChI=1S/C19H20ClN3O2S/c1-3-11-10-26-19-22-17(14-6-4-5-7-21-14)18(23(11)19)12-8-16(25-2)15(24)9-13(12)20/h4-9,11,17-18,24H,3,10H2,1-2H3/t11-,17-,18+/m0/s1.